The lowest BCUT2D eigenvalue weighted by Crippen LogP contribution is -2.39. The minimum atomic E-state index is 0.472. The van der Waals surface area contributed by atoms with Crippen molar-refractivity contribution in [3.63, 3.8) is 0 Å². The highest BCUT2D eigenvalue weighted by molar-refractivity contribution is 7.80. The van der Waals surface area contributed by atoms with E-state index in [-0.39, 0.29) is 0 Å². The minimum Gasteiger partial charge on any atom is -0.359 e. The van der Waals surface area contributed by atoms with Gasteiger partial charge in [-0.2, -0.15) is 0 Å². The summed E-state index contributed by atoms with van der Waals surface area (Å²) in [5, 5.41) is 6.28. The Balaban J connectivity index is 1.99. The highest BCUT2D eigenvalue weighted by atomic mass is 32.1. The number of rotatable bonds is 3. The number of nitrogens with zero attached hydrogens (tertiary/aromatic N) is 1. The van der Waals surface area contributed by atoms with Crippen LogP contribution in [0.5, 0.6) is 0 Å². The van der Waals surface area contributed by atoms with Crippen LogP contribution in [-0.2, 0) is 0 Å². The van der Waals surface area contributed by atoms with Crippen LogP contribution in [0.1, 0.15) is 30.7 Å². The molecule has 0 unspecified atom stereocenters. The molecule has 0 spiro atoms. The Morgan fingerprint density at radius 2 is 2.53 bits per heavy atom. The van der Waals surface area contributed by atoms with Gasteiger partial charge in [-0.1, -0.05) is 18.2 Å². The van der Waals surface area contributed by atoms with Crippen molar-refractivity contribution in [2.45, 2.75) is 25.8 Å². The first-order valence-electron chi connectivity index (χ1n) is 5.90. The summed E-state index contributed by atoms with van der Waals surface area (Å²) in [7, 11) is 0. The smallest absolute Gasteiger partial charge is 0.169 e. The Morgan fingerprint density at radius 1 is 1.71 bits per heavy atom. The van der Waals surface area contributed by atoms with Gasteiger partial charge in [-0.05, 0) is 43.4 Å². The Labute approximate surface area is 112 Å². The Kier molecular flexibility index (Phi) is 4.18. The quantitative estimate of drug-likeness (QED) is 0.667. The molecule has 0 aromatic carbocycles. The zero-order valence-electron chi connectivity index (χ0n) is 10.1. The maximum atomic E-state index is 5.46. The molecule has 1 aliphatic heterocycles. The van der Waals surface area contributed by atoms with Crippen LogP contribution in [0.25, 0.3) is 0 Å². The molecule has 2 nitrogen and oxygen atoms in total. The molecule has 0 radical (unpaired) electrons. The number of nitrogens with one attached hydrogen (secondary N) is 1. The Bertz CT molecular complexity index is 398. The summed E-state index contributed by atoms with van der Waals surface area (Å²) in [6, 6.07) is 4.79. The fourth-order valence-corrected chi connectivity index (χ4v) is 3.28. The van der Waals surface area contributed by atoms with E-state index in [1.54, 1.807) is 0 Å². The molecule has 0 amide bonds. The zero-order valence-corrected chi connectivity index (χ0v) is 11.7. The maximum absolute atomic E-state index is 5.46. The van der Waals surface area contributed by atoms with Crippen molar-refractivity contribution in [3.8, 4) is 0 Å². The van der Waals surface area contributed by atoms with E-state index in [4.69, 9.17) is 12.2 Å². The third-order valence-electron chi connectivity index (χ3n) is 2.93. The fraction of sp³-hybridized carbons (Fsp3) is 0.462. The van der Waals surface area contributed by atoms with Crippen LogP contribution in [0.3, 0.4) is 0 Å². The van der Waals surface area contributed by atoms with Gasteiger partial charge in [0.2, 0.25) is 0 Å². The van der Waals surface area contributed by atoms with Crippen molar-refractivity contribution in [3.05, 3.63) is 34.5 Å². The molecule has 1 atom stereocenters. The first kappa shape index (κ1) is 12.6. The van der Waals surface area contributed by atoms with E-state index in [2.05, 4.69) is 34.3 Å². The first-order valence-corrected chi connectivity index (χ1v) is 7.19. The van der Waals surface area contributed by atoms with Gasteiger partial charge in [-0.3, -0.25) is 0 Å². The third-order valence-corrected chi connectivity index (χ3v) is 4.28. The molecule has 0 bridgehead atoms. The number of likely N-dealkylation sites (tertiary alicyclic amines) is 1. The number of hydrogen-bond donors (Lipinski definition) is 1. The minimum absolute atomic E-state index is 0.472. The summed E-state index contributed by atoms with van der Waals surface area (Å²) >= 11 is 7.28. The lowest BCUT2D eigenvalue weighted by atomic mass is 10.2. The second-order valence-corrected chi connectivity index (χ2v) is 5.85. The lowest BCUT2D eigenvalue weighted by molar-refractivity contribution is 0.400. The molecule has 1 N–H and O–H groups in total. The van der Waals surface area contributed by atoms with Crippen LogP contribution in [0.15, 0.2) is 29.7 Å². The zero-order chi connectivity index (χ0) is 12.3. The Morgan fingerprint density at radius 3 is 3.18 bits per heavy atom. The lowest BCUT2D eigenvalue weighted by Gasteiger charge is -2.27. The van der Waals surface area contributed by atoms with Crippen LogP contribution in [0.4, 0.5) is 0 Å². The van der Waals surface area contributed by atoms with Crippen molar-refractivity contribution in [1.82, 2.24) is 10.2 Å². The highest BCUT2D eigenvalue weighted by Gasteiger charge is 2.28. The molecule has 2 heterocycles. The van der Waals surface area contributed by atoms with E-state index < -0.39 is 0 Å². The summed E-state index contributed by atoms with van der Waals surface area (Å²) in [5.74, 6) is 0. The van der Waals surface area contributed by atoms with Gasteiger partial charge in [0, 0.05) is 18.0 Å². The van der Waals surface area contributed by atoms with E-state index in [1.807, 2.05) is 18.3 Å². The molecule has 1 aromatic rings. The van der Waals surface area contributed by atoms with E-state index in [0.717, 1.165) is 23.8 Å². The molecule has 1 aromatic heterocycles. The van der Waals surface area contributed by atoms with Crippen molar-refractivity contribution < 1.29 is 0 Å². The van der Waals surface area contributed by atoms with Crippen molar-refractivity contribution in [2.75, 3.05) is 13.1 Å². The van der Waals surface area contributed by atoms with E-state index in [9.17, 15) is 0 Å². The monoisotopic (exact) mass is 266 g/mol. The molecular weight excluding hydrogens is 248 g/mol. The molecule has 0 saturated carbocycles. The first-order chi connectivity index (χ1) is 8.18. The van der Waals surface area contributed by atoms with E-state index in [0.29, 0.717) is 6.04 Å². The van der Waals surface area contributed by atoms with Gasteiger partial charge in [-0.15, -0.1) is 11.3 Å². The van der Waals surface area contributed by atoms with Gasteiger partial charge >= 0.3 is 0 Å². The Hall–Kier alpha value is -0.870. The molecule has 1 saturated heterocycles. The van der Waals surface area contributed by atoms with E-state index >= 15 is 0 Å². The predicted octanol–water partition coefficient (Wildman–Crippen LogP) is 3.34. The van der Waals surface area contributed by atoms with Gasteiger partial charge in [-0.25, -0.2) is 0 Å². The largest absolute Gasteiger partial charge is 0.359 e. The highest BCUT2D eigenvalue weighted by Crippen LogP contribution is 2.34. The average Bonchev–Trinajstić information content (AvgIpc) is 2.94. The predicted molar refractivity (Wildman–Crippen MR) is 78.4 cm³/mol. The number of thiophene rings is 1. The van der Waals surface area contributed by atoms with Crippen LogP contribution in [-0.4, -0.2) is 23.1 Å². The molecule has 17 heavy (non-hydrogen) atoms. The normalized spacial score (nSPS) is 19.4. The summed E-state index contributed by atoms with van der Waals surface area (Å²) in [4.78, 5) is 3.73. The molecule has 0 aliphatic carbocycles. The van der Waals surface area contributed by atoms with Crippen LogP contribution in [0, 0.1) is 0 Å². The molecule has 1 fully saturated rings. The third kappa shape index (κ3) is 3.07. The summed E-state index contributed by atoms with van der Waals surface area (Å²) in [6.07, 6.45) is 2.42. The summed E-state index contributed by atoms with van der Waals surface area (Å²) in [5.41, 5.74) is 1.11. The van der Waals surface area contributed by atoms with Crippen molar-refractivity contribution in [1.29, 1.82) is 0 Å². The molecular formula is C13H18N2S2. The molecule has 2 rings (SSSR count). The molecule has 92 valence electrons. The van der Waals surface area contributed by atoms with Gasteiger partial charge in [0.05, 0.1) is 6.04 Å². The van der Waals surface area contributed by atoms with E-state index in [1.165, 1.54) is 17.7 Å². The molecule has 4 heteroatoms. The van der Waals surface area contributed by atoms with Crippen molar-refractivity contribution >= 4 is 28.7 Å². The summed E-state index contributed by atoms with van der Waals surface area (Å²) < 4.78 is 0. The van der Waals surface area contributed by atoms with Crippen LogP contribution >= 0.6 is 23.6 Å². The second-order valence-electron chi connectivity index (χ2n) is 4.48. The number of thiocarbonyl (C=S) groups is 1. The van der Waals surface area contributed by atoms with Crippen LogP contribution < -0.4 is 5.32 Å². The van der Waals surface area contributed by atoms with Gasteiger partial charge in [0.1, 0.15) is 0 Å². The molecule has 1 aliphatic rings. The maximum Gasteiger partial charge on any atom is 0.169 e. The van der Waals surface area contributed by atoms with Gasteiger partial charge in [0.15, 0.2) is 5.11 Å². The fourth-order valence-electron chi connectivity index (χ4n) is 2.11. The standard InChI is InChI=1S/C13H18N2S2/c1-10(2)9-14-13(16)15-7-3-5-11(15)12-6-4-8-17-12/h4,6,8,11H,1,3,5,7,9H2,2H3,(H,14,16)/t11-/m0/s1. The topological polar surface area (TPSA) is 15.3 Å². The number of hydrogen-bond acceptors (Lipinski definition) is 2. The van der Waals surface area contributed by atoms with Crippen molar-refractivity contribution in [2.24, 2.45) is 0 Å². The average molecular weight is 266 g/mol. The second kappa shape index (κ2) is 5.65. The van der Waals surface area contributed by atoms with Gasteiger partial charge in [0.25, 0.3) is 0 Å². The van der Waals surface area contributed by atoms with Gasteiger partial charge < -0.3 is 10.2 Å². The van der Waals surface area contributed by atoms with Crippen LogP contribution in [0.2, 0.25) is 0 Å². The SMILES string of the molecule is C=C(C)CNC(=S)N1CCC[C@H]1c1cccs1. The summed E-state index contributed by atoms with van der Waals surface area (Å²) in [6.45, 7) is 7.72.